The number of piperidine rings is 1. The second kappa shape index (κ2) is 12.4. The molecule has 33 heavy (non-hydrogen) atoms. The third-order valence-corrected chi connectivity index (χ3v) is 6.56. The van der Waals surface area contributed by atoms with E-state index in [1.807, 2.05) is 6.07 Å². The zero-order valence-electron chi connectivity index (χ0n) is 19.5. The van der Waals surface area contributed by atoms with E-state index >= 15 is 0 Å². The van der Waals surface area contributed by atoms with Gasteiger partial charge in [0.25, 0.3) is 0 Å². The standard InChI is InChI=1S/C27H37NO5/c29-19-24-18-25(30)11-13-28(24)12-2-1-3-14-31-20-21-5-7-22(8-6-21)23-9-10-26-27(17-23)33-16-4-15-32-26/h5-10,17,24-25,29-30H,1-4,11-16,18-20H2. The molecule has 2 aromatic carbocycles. The first-order chi connectivity index (χ1) is 16.2. The normalized spacial score (nSPS) is 21.0. The minimum atomic E-state index is -0.257. The van der Waals surface area contributed by atoms with E-state index in [4.69, 9.17) is 14.2 Å². The summed E-state index contributed by atoms with van der Waals surface area (Å²) in [7, 11) is 0. The van der Waals surface area contributed by atoms with Gasteiger partial charge in [0.15, 0.2) is 11.5 Å². The fourth-order valence-electron chi connectivity index (χ4n) is 4.58. The van der Waals surface area contributed by atoms with Crippen LogP contribution < -0.4 is 9.47 Å². The van der Waals surface area contributed by atoms with Gasteiger partial charge in [0.2, 0.25) is 0 Å². The summed E-state index contributed by atoms with van der Waals surface area (Å²) in [5.41, 5.74) is 3.45. The molecule has 6 nitrogen and oxygen atoms in total. The third-order valence-electron chi connectivity index (χ3n) is 6.56. The van der Waals surface area contributed by atoms with E-state index < -0.39 is 0 Å². The van der Waals surface area contributed by atoms with E-state index in [1.165, 1.54) is 5.56 Å². The molecule has 180 valence electrons. The second-order valence-electron chi connectivity index (χ2n) is 9.07. The Morgan fingerprint density at radius 3 is 2.55 bits per heavy atom. The van der Waals surface area contributed by atoms with Crippen LogP contribution in [-0.2, 0) is 11.3 Å². The number of hydrogen-bond donors (Lipinski definition) is 2. The van der Waals surface area contributed by atoms with Gasteiger partial charge in [0, 0.05) is 25.6 Å². The molecule has 2 N–H and O–H groups in total. The summed E-state index contributed by atoms with van der Waals surface area (Å²) in [6.07, 6.45) is 5.40. The van der Waals surface area contributed by atoms with E-state index in [0.717, 1.165) is 74.4 Å². The van der Waals surface area contributed by atoms with Crippen LogP contribution in [0.3, 0.4) is 0 Å². The van der Waals surface area contributed by atoms with E-state index in [0.29, 0.717) is 26.2 Å². The van der Waals surface area contributed by atoms with Gasteiger partial charge < -0.3 is 24.4 Å². The van der Waals surface area contributed by atoms with Crippen molar-refractivity contribution in [3.63, 3.8) is 0 Å². The van der Waals surface area contributed by atoms with Gasteiger partial charge in [-0.3, -0.25) is 4.90 Å². The van der Waals surface area contributed by atoms with Crippen LogP contribution >= 0.6 is 0 Å². The number of rotatable bonds is 10. The summed E-state index contributed by atoms with van der Waals surface area (Å²) >= 11 is 0. The Kier molecular flexibility index (Phi) is 9.01. The molecule has 4 rings (SSSR count). The quantitative estimate of drug-likeness (QED) is 0.528. The predicted octanol–water partition coefficient (Wildman–Crippen LogP) is 4.02. The number of ether oxygens (including phenoxy) is 3. The van der Waals surface area contributed by atoms with E-state index in [2.05, 4.69) is 41.3 Å². The van der Waals surface area contributed by atoms with Crippen LogP contribution in [0.1, 0.15) is 44.1 Å². The molecule has 0 aliphatic carbocycles. The third kappa shape index (κ3) is 6.93. The van der Waals surface area contributed by atoms with Crippen molar-refractivity contribution in [2.75, 3.05) is 39.5 Å². The minimum Gasteiger partial charge on any atom is -0.490 e. The molecule has 0 amide bonds. The number of aliphatic hydroxyl groups is 2. The van der Waals surface area contributed by atoms with E-state index in [9.17, 15) is 10.2 Å². The minimum absolute atomic E-state index is 0.111. The summed E-state index contributed by atoms with van der Waals surface area (Å²) in [6, 6.07) is 14.7. The molecule has 2 aliphatic rings. The molecule has 2 atom stereocenters. The first kappa shape index (κ1) is 24.0. The highest BCUT2D eigenvalue weighted by Gasteiger charge is 2.26. The lowest BCUT2D eigenvalue weighted by Crippen LogP contribution is -2.46. The molecule has 2 heterocycles. The number of fused-ring (bicyclic) bond motifs is 1. The molecule has 6 heteroatoms. The molecule has 0 spiro atoms. The van der Waals surface area contributed by atoms with Crippen molar-refractivity contribution in [1.82, 2.24) is 4.90 Å². The fraction of sp³-hybridized carbons (Fsp3) is 0.556. The molecular formula is C27H37NO5. The fourth-order valence-corrected chi connectivity index (χ4v) is 4.58. The summed E-state index contributed by atoms with van der Waals surface area (Å²) in [4.78, 5) is 2.32. The van der Waals surface area contributed by atoms with Crippen LogP contribution in [0.5, 0.6) is 11.5 Å². The topological polar surface area (TPSA) is 71.4 Å². The van der Waals surface area contributed by atoms with Crippen molar-refractivity contribution < 1.29 is 24.4 Å². The van der Waals surface area contributed by atoms with Crippen LogP contribution in [0.4, 0.5) is 0 Å². The summed E-state index contributed by atoms with van der Waals surface area (Å²) in [6.45, 7) is 4.77. The van der Waals surface area contributed by atoms with Gasteiger partial charge in [-0.15, -0.1) is 0 Å². The Morgan fingerprint density at radius 1 is 0.939 bits per heavy atom. The van der Waals surface area contributed by atoms with Crippen molar-refractivity contribution in [3.8, 4) is 22.6 Å². The number of nitrogens with zero attached hydrogens (tertiary/aromatic N) is 1. The van der Waals surface area contributed by atoms with Crippen LogP contribution in [0.15, 0.2) is 42.5 Å². The molecule has 0 aromatic heterocycles. The van der Waals surface area contributed by atoms with Crippen LogP contribution in [0.25, 0.3) is 11.1 Å². The zero-order valence-corrected chi connectivity index (χ0v) is 19.5. The SMILES string of the molecule is OCC1CC(O)CCN1CCCCCOCc1ccc(-c2ccc3c(c2)OCCCO3)cc1. The summed E-state index contributed by atoms with van der Waals surface area (Å²) in [5, 5.41) is 19.3. The molecule has 0 bridgehead atoms. The van der Waals surface area contributed by atoms with Gasteiger partial charge in [-0.2, -0.15) is 0 Å². The van der Waals surface area contributed by atoms with Crippen molar-refractivity contribution in [1.29, 1.82) is 0 Å². The molecule has 2 aliphatic heterocycles. The lowest BCUT2D eigenvalue weighted by Gasteiger charge is -2.36. The van der Waals surface area contributed by atoms with Gasteiger partial charge in [0.1, 0.15) is 0 Å². The maximum atomic E-state index is 9.75. The number of likely N-dealkylation sites (tertiary alicyclic amines) is 1. The van der Waals surface area contributed by atoms with Gasteiger partial charge >= 0.3 is 0 Å². The number of aliphatic hydroxyl groups excluding tert-OH is 2. The highest BCUT2D eigenvalue weighted by atomic mass is 16.5. The highest BCUT2D eigenvalue weighted by molar-refractivity contribution is 5.67. The van der Waals surface area contributed by atoms with Gasteiger partial charge in [-0.05, 0) is 67.5 Å². The van der Waals surface area contributed by atoms with Crippen molar-refractivity contribution >= 4 is 0 Å². The Balaban J connectivity index is 1.14. The van der Waals surface area contributed by atoms with Gasteiger partial charge in [-0.25, -0.2) is 0 Å². The van der Waals surface area contributed by atoms with Gasteiger partial charge in [-0.1, -0.05) is 30.3 Å². The van der Waals surface area contributed by atoms with Crippen molar-refractivity contribution in [2.24, 2.45) is 0 Å². The first-order valence-corrected chi connectivity index (χ1v) is 12.3. The largest absolute Gasteiger partial charge is 0.490 e. The monoisotopic (exact) mass is 455 g/mol. The Bertz CT molecular complexity index is 856. The first-order valence-electron chi connectivity index (χ1n) is 12.3. The average Bonchev–Trinajstić information content (AvgIpc) is 3.09. The lowest BCUT2D eigenvalue weighted by atomic mass is 9.99. The summed E-state index contributed by atoms with van der Waals surface area (Å²) in [5.74, 6) is 1.64. The van der Waals surface area contributed by atoms with Crippen LogP contribution in [-0.4, -0.2) is 66.8 Å². The predicted molar refractivity (Wildman–Crippen MR) is 129 cm³/mol. The second-order valence-corrected chi connectivity index (χ2v) is 9.07. The molecule has 0 saturated carbocycles. The average molecular weight is 456 g/mol. The highest BCUT2D eigenvalue weighted by Crippen LogP contribution is 2.34. The summed E-state index contributed by atoms with van der Waals surface area (Å²) < 4.78 is 17.4. The van der Waals surface area contributed by atoms with Crippen molar-refractivity contribution in [3.05, 3.63) is 48.0 Å². The Labute approximate surface area is 197 Å². The smallest absolute Gasteiger partial charge is 0.161 e. The lowest BCUT2D eigenvalue weighted by molar-refractivity contribution is 0.0160. The maximum absolute atomic E-state index is 9.75. The number of hydrogen-bond acceptors (Lipinski definition) is 6. The van der Waals surface area contributed by atoms with Gasteiger partial charge in [0.05, 0.1) is 32.5 Å². The molecule has 1 fully saturated rings. The van der Waals surface area contributed by atoms with E-state index in [-0.39, 0.29) is 18.8 Å². The molecular weight excluding hydrogens is 418 g/mol. The number of unbranched alkanes of at least 4 members (excludes halogenated alkanes) is 2. The molecule has 2 aromatic rings. The Hall–Kier alpha value is -2.12. The Morgan fingerprint density at radius 2 is 1.73 bits per heavy atom. The molecule has 1 saturated heterocycles. The zero-order chi connectivity index (χ0) is 22.9. The van der Waals surface area contributed by atoms with Crippen LogP contribution in [0.2, 0.25) is 0 Å². The van der Waals surface area contributed by atoms with Crippen LogP contribution in [0, 0.1) is 0 Å². The molecule has 2 unspecified atom stereocenters. The maximum Gasteiger partial charge on any atom is 0.161 e. The number of benzene rings is 2. The van der Waals surface area contributed by atoms with E-state index in [1.54, 1.807) is 0 Å². The van der Waals surface area contributed by atoms with Crippen molar-refractivity contribution in [2.45, 2.75) is 57.3 Å². The molecule has 0 radical (unpaired) electrons.